The van der Waals surface area contributed by atoms with E-state index in [0.717, 1.165) is 11.3 Å². The summed E-state index contributed by atoms with van der Waals surface area (Å²) in [5.41, 5.74) is 2.61. The molecule has 2 aromatic carbocycles. The van der Waals surface area contributed by atoms with Crippen molar-refractivity contribution in [1.29, 1.82) is 0 Å². The average molecular weight is 321 g/mol. The van der Waals surface area contributed by atoms with Crippen molar-refractivity contribution in [3.8, 4) is 11.3 Å². The van der Waals surface area contributed by atoms with Crippen LogP contribution in [0.5, 0.6) is 0 Å². The second-order valence-corrected chi connectivity index (χ2v) is 5.61. The molecule has 3 rings (SSSR count). The van der Waals surface area contributed by atoms with E-state index in [9.17, 15) is 4.79 Å². The molecule has 0 fully saturated rings. The molecular weight excluding hydrogens is 302 g/mol. The number of benzene rings is 2. The third kappa shape index (κ3) is 3.63. The number of hydrogen-bond acceptors (Lipinski definition) is 4. The fourth-order valence-electron chi connectivity index (χ4n) is 2.30. The van der Waals surface area contributed by atoms with Crippen molar-refractivity contribution in [2.45, 2.75) is 6.54 Å². The highest BCUT2D eigenvalue weighted by atomic mass is 16.4. The first kappa shape index (κ1) is 15.8. The zero-order chi connectivity index (χ0) is 16.9. The van der Waals surface area contributed by atoms with Crippen molar-refractivity contribution in [3.05, 3.63) is 72.2 Å². The molecule has 0 spiro atoms. The summed E-state index contributed by atoms with van der Waals surface area (Å²) in [7, 11) is 3.92. The highest BCUT2D eigenvalue weighted by molar-refractivity contribution is 5.94. The third-order valence-electron chi connectivity index (χ3n) is 3.66. The van der Waals surface area contributed by atoms with Gasteiger partial charge in [-0.2, -0.15) is 0 Å². The van der Waals surface area contributed by atoms with Crippen LogP contribution >= 0.6 is 0 Å². The first-order valence-electron chi connectivity index (χ1n) is 7.69. The average Bonchev–Trinajstić information content (AvgIpc) is 3.09. The van der Waals surface area contributed by atoms with Gasteiger partial charge in [0, 0.05) is 30.9 Å². The first-order chi connectivity index (χ1) is 11.6. The smallest absolute Gasteiger partial charge is 0.251 e. The molecule has 1 N–H and O–H groups in total. The molecule has 3 aromatic rings. The maximum absolute atomic E-state index is 12.2. The number of amides is 1. The number of carbonyl (C=O) groups excluding carboxylic acids is 1. The molecule has 0 radical (unpaired) electrons. The molecule has 0 unspecified atom stereocenters. The highest BCUT2D eigenvalue weighted by Gasteiger charge is 2.09. The van der Waals surface area contributed by atoms with Crippen molar-refractivity contribution < 1.29 is 9.21 Å². The Bertz CT molecular complexity index is 808. The van der Waals surface area contributed by atoms with Crippen molar-refractivity contribution >= 4 is 11.6 Å². The summed E-state index contributed by atoms with van der Waals surface area (Å²) in [6.45, 7) is 0.251. The summed E-state index contributed by atoms with van der Waals surface area (Å²) in [5.74, 6) is 1.02. The predicted octanol–water partition coefficient (Wildman–Crippen LogP) is 3.34. The Morgan fingerprint density at radius 2 is 1.79 bits per heavy atom. The van der Waals surface area contributed by atoms with Gasteiger partial charge in [-0.25, -0.2) is 4.98 Å². The van der Waals surface area contributed by atoms with Crippen molar-refractivity contribution in [3.63, 3.8) is 0 Å². The van der Waals surface area contributed by atoms with E-state index < -0.39 is 0 Å². The lowest BCUT2D eigenvalue weighted by Gasteiger charge is -2.12. The van der Waals surface area contributed by atoms with Crippen LogP contribution < -0.4 is 10.2 Å². The van der Waals surface area contributed by atoms with E-state index in [0.29, 0.717) is 17.2 Å². The van der Waals surface area contributed by atoms with Gasteiger partial charge in [0.05, 0.1) is 12.7 Å². The lowest BCUT2D eigenvalue weighted by molar-refractivity contribution is 0.0947. The second-order valence-electron chi connectivity index (χ2n) is 5.61. The quantitative estimate of drug-likeness (QED) is 0.783. The monoisotopic (exact) mass is 321 g/mol. The van der Waals surface area contributed by atoms with Crippen LogP contribution in [0.25, 0.3) is 11.3 Å². The largest absolute Gasteiger partial charge is 0.439 e. The van der Waals surface area contributed by atoms with Gasteiger partial charge in [0.1, 0.15) is 0 Å². The number of oxazole rings is 1. The molecule has 24 heavy (non-hydrogen) atoms. The minimum atomic E-state index is -0.153. The topological polar surface area (TPSA) is 58.4 Å². The van der Waals surface area contributed by atoms with Crippen LogP contribution in [0, 0.1) is 0 Å². The summed E-state index contributed by atoms with van der Waals surface area (Å²) >= 11 is 0. The molecule has 0 atom stereocenters. The molecule has 5 heteroatoms. The van der Waals surface area contributed by atoms with Gasteiger partial charge in [0.15, 0.2) is 5.76 Å². The van der Waals surface area contributed by atoms with Crippen LogP contribution in [-0.4, -0.2) is 25.0 Å². The number of hydrogen-bond donors (Lipinski definition) is 1. The van der Waals surface area contributed by atoms with Crippen molar-refractivity contribution in [2.75, 3.05) is 19.0 Å². The normalized spacial score (nSPS) is 10.4. The molecule has 0 saturated heterocycles. The minimum Gasteiger partial charge on any atom is -0.439 e. The Labute approximate surface area is 140 Å². The fraction of sp³-hybridized carbons (Fsp3) is 0.158. The van der Waals surface area contributed by atoms with Crippen LogP contribution in [0.1, 0.15) is 16.2 Å². The molecule has 0 saturated carbocycles. The molecule has 1 aromatic heterocycles. The maximum Gasteiger partial charge on any atom is 0.251 e. The summed E-state index contributed by atoms with van der Waals surface area (Å²) < 4.78 is 5.67. The zero-order valence-electron chi connectivity index (χ0n) is 13.7. The van der Waals surface area contributed by atoms with Crippen LogP contribution in [0.3, 0.4) is 0 Å². The van der Waals surface area contributed by atoms with E-state index in [1.54, 1.807) is 18.3 Å². The Morgan fingerprint density at radius 3 is 2.46 bits per heavy atom. The van der Waals surface area contributed by atoms with Crippen LogP contribution in [0.15, 0.2) is 65.2 Å². The van der Waals surface area contributed by atoms with Crippen molar-refractivity contribution in [2.24, 2.45) is 0 Å². The van der Waals surface area contributed by atoms with Crippen molar-refractivity contribution in [1.82, 2.24) is 10.3 Å². The van der Waals surface area contributed by atoms with Gasteiger partial charge in [-0.3, -0.25) is 4.79 Å². The van der Waals surface area contributed by atoms with Crippen LogP contribution in [-0.2, 0) is 6.54 Å². The minimum absolute atomic E-state index is 0.153. The van der Waals surface area contributed by atoms with E-state index in [1.807, 2.05) is 61.5 Å². The number of carbonyl (C=O) groups is 1. The van der Waals surface area contributed by atoms with Gasteiger partial charge < -0.3 is 14.6 Å². The summed E-state index contributed by atoms with van der Waals surface area (Å²) in [6.07, 6.45) is 1.67. The van der Waals surface area contributed by atoms with Gasteiger partial charge in [0.2, 0.25) is 5.89 Å². The van der Waals surface area contributed by atoms with Crippen LogP contribution in [0.4, 0.5) is 5.69 Å². The maximum atomic E-state index is 12.2. The van der Waals surface area contributed by atoms with E-state index in [2.05, 4.69) is 10.3 Å². The van der Waals surface area contributed by atoms with E-state index in [-0.39, 0.29) is 12.5 Å². The number of rotatable bonds is 5. The predicted molar refractivity (Wildman–Crippen MR) is 93.9 cm³/mol. The summed E-state index contributed by atoms with van der Waals surface area (Å²) in [4.78, 5) is 18.4. The SMILES string of the molecule is CN(C)c1ccc(C(=O)NCc2ncc(-c3ccccc3)o2)cc1. The zero-order valence-corrected chi connectivity index (χ0v) is 13.7. The Morgan fingerprint density at radius 1 is 1.08 bits per heavy atom. The number of nitrogens with one attached hydrogen (secondary N) is 1. The van der Waals surface area contributed by atoms with E-state index >= 15 is 0 Å². The molecule has 1 amide bonds. The molecule has 0 aliphatic heterocycles. The number of nitrogens with zero attached hydrogens (tertiary/aromatic N) is 2. The van der Waals surface area contributed by atoms with Gasteiger partial charge >= 0.3 is 0 Å². The standard InChI is InChI=1S/C19H19N3O2/c1-22(2)16-10-8-15(9-11-16)19(23)21-13-18-20-12-17(24-18)14-6-4-3-5-7-14/h3-12H,13H2,1-2H3,(H,21,23). The van der Waals surface area contributed by atoms with E-state index in [4.69, 9.17) is 4.42 Å². The second kappa shape index (κ2) is 7.00. The number of aromatic nitrogens is 1. The fourth-order valence-corrected chi connectivity index (χ4v) is 2.30. The van der Waals surface area contributed by atoms with Gasteiger partial charge in [0.25, 0.3) is 5.91 Å². The van der Waals surface area contributed by atoms with Gasteiger partial charge in [-0.15, -0.1) is 0 Å². The number of anilines is 1. The molecule has 0 aliphatic rings. The lowest BCUT2D eigenvalue weighted by Crippen LogP contribution is -2.23. The van der Waals surface area contributed by atoms with Gasteiger partial charge in [-0.1, -0.05) is 30.3 Å². The Kier molecular flexibility index (Phi) is 4.61. The molecule has 1 heterocycles. The van der Waals surface area contributed by atoms with Crippen LogP contribution in [0.2, 0.25) is 0 Å². The van der Waals surface area contributed by atoms with Gasteiger partial charge in [-0.05, 0) is 24.3 Å². The Hall–Kier alpha value is -3.08. The molecular formula is C19H19N3O2. The summed E-state index contributed by atoms with van der Waals surface area (Å²) in [6, 6.07) is 17.2. The molecule has 0 aliphatic carbocycles. The Balaban J connectivity index is 1.61. The molecule has 122 valence electrons. The highest BCUT2D eigenvalue weighted by Crippen LogP contribution is 2.19. The third-order valence-corrected chi connectivity index (χ3v) is 3.66. The molecule has 5 nitrogen and oxygen atoms in total. The van der Waals surface area contributed by atoms with E-state index in [1.165, 1.54) is 0 Å². The molecule has 0 bridgehead atoms. The first-order valence-corrected chi connectivity index (χ1v) is 7.69. The summed E-state index contributed by atoms with van der Waals surface area (Å²) in [5, 5.41) is 2.82. The lowest BCUT2D eigenvalue weighted by atomic mass is 10.2.